The number of nitrogens with one attached hydrogen (secondary N) is 1. The number of hydrogen-bond acceptors (Lipinski definition) is 5. The lowest BCUT2D eigenvalue weighted by Gasteiger charge is -2.05. The molecule has 128 valence electrons. The van der Waals surface area contributed by atoms with Crippen LogP contribution < -0.4 is 10.1 Å². The summed E-state index contributed by atoms with van der Waals surface area (Å²) >= 11 is 7.15. The lowest BCUT2D eigenvalue weighted by molar-refractivity contribution is -0.115. The molecule has 1 amide bonds. The van der Waals surface area contributed by atoms with Crippen LogP contribution in [0.3, 0.4) is 0 Å². The number of carbonyl (C=O) groups excluding carboxylic acids is 1. The molecular formula is C18H15ClN2O3S. The van der Waals surface area contributed by atoms with Gasteiger partial charge in [-0.25, -0.2) is 4.99 Å². The molecule has 0 unspecified atom stereocenters. The fourth-order valence-electron chi connectivity index (χ4n) is 2.30. The Morgan fingerprint density at radius 1 is 1.32 bits per heavy atom. The van der Waals surface area contributed by atoms with Crippen LogP contribution in [-0.4, -0.2) is 23.3 Å². The van der Waals surface area contributed by atoms with Crippen molar-refractivity contribution in [3.8, 4) is 11.5 Å². The minimum atomic E-state index is -0.266. The number of amides is 1. The second-order valence-corrected chi connectivity index (χ2v) is 6.78. The average Bonchev–Trinajstić information content (AvgIpc) is 2.91. The minimum absolute atomic E-state index is 0.00941. The van der Waals surface area contributed by atoms with E-state index in [-0.39, 0.29) is 11.7 Å². The smallest absolute Gasteiger partial charge is 0.264 e. The number of halogens is 1. The Balaban J connectivity index is 1.89. The summed E-state index contributed by atoms with van der Waals surface area (Å²) in [5, 5.41) is 14.0. The third-order valence-corrected chi connectivity index (χ3v) is 4.71. The lowest BCUT2D eigenvalue weighted by atomic mass is 10.1. The number of para-hydroxylation sites is 1. The van der Waals surface area contributed by atoms with E-state index in [1.165, 1.54) is 18.9 Å². The molecule has 1 heterocycles. The van der Waals surface area contributed by atoms with E-state index in [2.05, 4.69) is 10.3 Å². The van der Waals surface area contributed by atoms with Gasteiger partial charge in [0, 0.05) is 10.6 Å². The zero-order valence-corrected chi connectivity index (χ0v) is 15.1. The number of ether oxygens (including phenoxy) is 1. The number of aliphatic imine (C=N–C) groups is 1. The zero-order valence-electron chi connectivity index (χ0n) is 13.5. The molecule has 0 spiro atoms. The monoisotopic (exact) mass is 374 g/mol. The Morgan fingerprint density at radius 2 is 2.12 bits per heavy atom. The first kappa shape index (κ1) is 17.4. The van der Waals surface area contributed by atoms with E-state index >= 15 is 0 Å². The molecule has 1 aliphatic rings. The van der Waals surface area contributed by atoms with Crippen molar-refractivity contribution in [3.63, 3.8) is 0 Å². The molecule has 1 saturated heterocycles. The van der Waals surface area contributed by atoms with Crippen LogP contribution in [0.15, 0.2) is 46.3 Å². The summed E-state index contributed by atoms with van der Waals surface area (Å²) in [5.74, 6) is 0.0749. The van der Waals surface area contributed by atoms with Crippen molar-refractivity contribution >= 4 is 46.2 Å². The maximum atomic E-state index is 12.2. The molecule has 0 saturated carbocycles. The molecule has 1 fully saturated rings. The van der Waals surface area contributed by atoms with Gasteiger partial charge in [-0.3, -0.25) is 4.79 Å². The van der Waals surface area contributed by atoms with Gasteiger partial charge in [-0.2, -0.15) is 0 Å². The molecule has 0 bridgehead atoms. The summed E-state index contributed by atoms with van der Waals surface area (Å²) in [5.41, 5.74) is 2.15. The zero-order chi connectivity index (χ0) is 18.0. The Hall–Kier alpha value is -2.44. The van der Waals surface area contributed by atoms with Crippen LogP contribution in [0.1, 0.15) is 11.1 Å². The van der Waals surface area contributed by atoms with E-state index in [0.717, 1.165) is 11.3 Å². The van der Waals surface area contributed by atoms with Crippen molar-refractivity contribution in [2.45, 2.75) is 6.92 Å². The van der Waals surface area contributed by atoms with Crippen molar-refractivity contribution < 1.29 is 14.6 Å². The molecule has 2 N–H and O–H groups in total. The van der Waals surface area contributed by atoms with Crippen LogP contribution in [0.4, 0.5) is 5.69 Å². The van der Waals surface area contributed by atoms with Crippen LogP contribution in [0.2, 0.25) is 5.02 Å². The second kappa shape index (κ2) is 7.21. The SMILES string of the molecule is COc1cccc(/C=C2\SC(=Nc3ccc(Cl)cc3C)NC2=O)c1O. The highest BCUT2D eigenvalue weighted by Gasteiger charge is 2.24. The number of thioether (sulfide) groups is 1. The van der Waals surface area contributed by atoms with Crippen molar-refractivity contribution in [1.82, 2.24) is 5.32 Å². The topological polar surface area (TPSA) is 70.9 Å². The third-order valence-electron chi connectivity index (χ3n) is 3.57. The van der Waals surface area contributed by atoms with Gasteiger partial charge in [-0.1, -0.05) is 23.7 Å². The molecule has 3 rings (SSSR count). The fourth-order valence-corrected chi connectivity index (χ4v) is 3.35. The van der Waals surface area contributed by atoms with Crippen molar-refractivity contribution in [1.29, 1.82) is 0 Å². The van der Waals surface area contributed by atoms with Gasteiger partial charge < -0.3 is 15.2 Å². The normalized spacial score (nSPS) is 17.2. The molecule has 0 atom stereocenters. The van der Waals surface area contributed by atoms with Gasteiger partial charge in [-0.05, 0) is 54.6 Å². The summed E-state index contributed by atoms with van der Waals surface area (Å²) in [6.45, 7) is 1.90. The molecule has 2 aromatic rings. The fraction of sp³-hybridized carbons (Fsp3) is 0.111. The Morgan fingerprint density at radius 3 is 2.84 bits per heavy atom. The highest BCUT2D eigenvalue weighted by molar-refractivity contribution is 8.18. The van der Waals surface area contributed by atoms with E-state index in [0.29, 0.717) is 26.4 Å². The van der Waals surface area contributed by atoms with Gasteiger partial charge in [0.15, 0.2) is 16.7 Å². The van der Waals surface area contributed by atoms with Crippen LogP contribution in [0, 0.1) is 6.92 Å². The molecule has 25 heavy (non-hydrogen) atoms. The summed E-state index contributed by atoms with van der Waals surface area (Å²) in [4.78, 5) is 17.1. The van der Waals surface area contributed by atoms with E-state index < -0.39 is 0 Å². The van der Waals surface area contributed by atoms with Crippen LogP contribution in [0.25, 0.3) is 6.08 Å². The molecule has 1 aliphatic heterocycles. The van der Waals surface area contributed by atoms with Crippen molar-refractivity contribution in [2.24, 2.45) is 4.99 Å². The van der Waals surface area contributed by atoms with E-state index in [4.69, 9.17) is 16.3 Å². The van der Waals surface area contributed by atoms with Crippen molar-refractivity contribution in [2.75, 3.05) is 7.11 Å². The molecule has 2 aromatic carbocycles. The minimum Gasteiger partial charge on any atom is -0.504 e. The Bertz CT molecular complexity index is 909. The first-order valence-corrected chi connectivity index (χ1v) is 8.59. The number of phenols is 1. The van der Waals surface area contributed by atoms with Gasteiger partial charge in [-0.15, -0.1) is 0 Å². The number of nitrogens with zero attached hydrogens (tertiary/aromatic N) is 1. The average molecular weight is 375 g/mol. The number of benzene rings is 2. The highest BCUT2D eigenvalue weighted by Crippen LogP contribution is 2.34. The number of methoxy groups -OCH3 is 1. The van der Waals surface area contributed by atoms with Gasteiger partial charge in [0.1, 0.15) is 0 Å². The van der Waals surface area contributed by atoms with E-state index in [1.807, 2.05) is 13.0 Å². The van der Waals surface area contributed by atoms with Crippen LogP contribution in [-0.2, 0) is 4.79 Å². The predicted molar refractivity (Wildman–Crippen MR) is 102 cm³/mol. The number of phenolic OH excluding ortho intramolecular Hbond substituents is 1. The number of rotatable bonds is 3. The molecule has 0 aliphatic carbocycles. The number of hydrogen-bond donors (Lipinski definition) is 2. The van der Waals surface area contributed by atoms with E-state index in [9.17, 15) is 9.90 Å². The largest absolute Gasteiger partial charge is 0.504 e. The maximum Gasteiger partial charge on any atom is 0.264 e. The molecule has 0 aromatic heterocycles. The quantitative estimate of drug-likeness (QED) is 0.788. The van der Waals surface area contributed by atoms with Crippen LogP contribution >= 0.6 is 23.4 Å². The standard InChI is InChI=1S/C18H15ClN2O3S/c1-10-8-12(19)6-7-13(10)20-18-21-17(23)15(25-18)9-11-4-3-5-14(24-2)16(11)22/h3-9,22H,1-2H3,(H,20,21,23)/b15-9-. The van der Waals surface area contributed by atoms with Gasteiger partial charge >= 0.3 is 0 Å². The first-order chi connectivity index (χ1) is 12.0. The first-order valence-electron chi connectivity index (χ1n) is 7.39. The van der Waals surface area contributed by atoms with Gasteiger partial charge in [0.2, 0.25) is 0 Å². The summed E-state index contributed by atoms with van der Waals surface area (Å²) in [7, 11) is 1.47. The Kier molecular flexibility index (Phi) is 5.01. The summed E-state index contributed by atoms with van der Waals surface area (Å²) in [6, 6.07) is 10.5. The lowest BCUT2D eigenvalue weighted by Crippen LogP contribution is -2.19. The highest BCUT2D eigenvalue weighted by atomic mass is 35.5. The van der Waals surface area contributed by atoms with Crippen LogP contribution in [0.5, 0.6) is 11.5 Å². The number of carbonyl (C=O) groups is 1. The summed E-state index contributed by atoms with van der Waals surface area (Å²) < 4.78 is 5.08. The van der Waals surface area contributed by atoms with E-state index in [1.54, 1.807) is 36.4 Å². The number of aryl methyl sites for hydroxylation is 1. The molecule has 7 heteroatoms. The second-order valence-electron chi connectivity index (χ2n) is 5.31. The Labute approximate surface area is 154 Å². The third kappa shape index (κ3) is 3.81. The predicted octanol–water partition coefficient (Wildman–Crippen LogP) is 4.25. The van der Waals surface area contributed by atoms with Gasteiger partial charge in [0.05, 0.1) is 17.7 Å². The van der Waals surface area contributed by atoms with Crippen molar-refractivity contribution in [3.05, 3.63) is 57.5 Å². The molecule has 5 nitrogen and oxygen atoms in total. The summed E-state index contributed by atoms with van der Waals surface area (Å²) in [6.07, 6.45) is 1.61. The number of aromatic hydroxyl groups is 1. The molecule has 0 radical (unpaired) electrons. The maximum absolute atomic E-state index is 12.2. The number of amidine groups is 1. The van der Waals surface area contributed by atoms with Gasteiger partial charge in [0.25, 0.3) is 5.91 Å². The molecular weight excluding hydrogens is 360 g/mol.